The number of anilines is 3. The van der Waals surface area contributed by atoms with E-state index in [0.717, 1.165) is 20.6 Å². The first kappa shape index (κ1) is 14.2. The minimum absolute atomic E-state index is 0.0266. The quantitative estimate of drug-likeness (QED) is 0.725. The van der Waals surface area contributed by atoms with Crippen LogP contribution < -0.4 is 10.2 Å². The lowest BCUT2D eigenvalue weighted by atomic mass is 10.1. The van der Waals surface area contributed by atoms with Crippen LogP contribution in [-0.4, -0.2) is 17.6 Å². The number of hydrogen-bond acceptors (Lipinski definition) is 3. The molecule has 0 fully saturated rings. The van der Waals surface area contributed by atoms with Gasteiger partial charge in [-0.1, -0.05) is 6.92 Å². The highest BCUT2D eigenvalue weighted by Crippen LogP contribution is 2.37. The van der Waals surface area contributed by atoms with Crippen molar-refractivity contribution in [2.75, 3.05) is 16.8 Å². The van der Waals surface area contributed by atoms with Gasteiger partial charge in [0.1, 0.15) is 5.75 Å². The smallest absolute Gasteiger partial charge is 0.229 e. The van der Waals surface area contributed by atoms with Crippen LogP contribution in [0.2, 0.25) is 0 Å². The van der Waals surface area contributed by atoms with Gasteiger partial charge < -0.3 is 15.3 Å². The van der Waals surface area contributed by atoms with E-state index >= 15 is 0 Å². The zero-order valence-electron chi connectivity index (χ0n) is 11.5. The van der Waals surface area contributed by atoms with Crippen molar-refractivity contribution in [1.82, 2.24) is 0 Å². The summed E-state index contributed by atoms with van der Waals surface area (Å²) in [4.78, 5) is 14.2. The van der Waals surface area contributed by atoms with E-state index in [1.165, 1.54) is 0 Å². The molecule has 3 rings (SSSR count). The molecule has 0 aromatic heterocycles. The minimum atomic E-state index is -0.121. The van der Waals surface area contributed by atoms with Gasteiger partial charge in [0.2, 0.25) is 5.91 Å². The number of benzene rings is 2. The van der Waals surface area contributed by atoms with Crippen molar-refractivity contribution in [2.24, 2.45) is 5.92 Å². The van der Waals surface area contributed by atoms with Crippen molar-refractivity contribution >= 4 is 45.6 Å². The van der Waals surface area contributed by atoms with E-state index in [2.05, 4.69) is 38.9 Å². The maximum atomic E-state index is 12.1. The van der Waals surface area contributed by atoms with Crippen LogP contribution in [0.1, 0.15) is 6.92 Å². The molecule has 1 heterocycles. The summed E-state index contributed by atoms with van der Waals surface area (Å²) in [6.45, 7) is 2.52. The second-order valence-corrected chi connectivity index (χ2v) is 6.42. The van der Waals surface area contributed by atoms with E-state index in [-0.39, 0.29) is 17.6 Å². The number of nitrogens with zero attached hydrogens (tertiary/aromatic N) is 1. The molecule has 1 atom stereocenters. The summed E-state index contributed by atoms with van der Waals surface area (Å²) in [7, 11) is 0. The molecular weight excluding hydrogens is 379 g/mol. The largest absolute Gasteiger partial charge is 0.508 e. The number of carbonyl (C=O) groups excluding carboxylic acids is 1. The third kappa shape index (κ3) is 2.83. The predicted octanol–water partition coefficient (Wildman–Crippen LogP) is 3.72. The van der Waals surface area contributed by atoms with E-state index in [4.69, 9.17) is 0 Å². The van der Waals surface area contributed by atoms with Crippen LogP contribution in [0.3, 0.4) is 0 Å². The van der Waals surface area contributed by atoms with Gasteiger partial charge in [0, 0.05) is 15.8 Å². The maximum Gasteiger partial charge on any atom is 0.229 e. The molecule has 1 unspecified atom stereocenters. The van der Waals surface area contributed by atoms with E-state index in [1.54, 1.807) is 12.1 Å². The van der Waals surface area contributed by atoms with E-state index in [9.17, 15) is 9.90 Å². The lowest BCUT2D eigenvalue weighted by molar-refractivity contribution is -0.119. The minimum Gasteiger partial charge on any atom is -0.508 e. The standard InChI is InChI=1S/C16H15IN2O2/c1-10-9-19(12-3-5-13(20)6-4-12)15-8-11(17)2-7-14(15)18-16(10)21/h2-8,10,20H,9H2,1H3,(H,18,21). The Morgan fingerprint density at radius 3 is 2.67 bits per heavy atom. The molecule has 4 nitrogen and oxygen atoms in total. The number of aromatic hydroxyl groups is 1. The lowest BCUT2D eigenvalue weighted by Crippen LogP contribution is -2.27. The average Bonchev–Trinajstić information content (AvgIpc) is 2.58. The third-order valence-electron chi connectivity index (χ3n) is 3.57. The summed E-state index contributed by atoms with van der Waals surface area (Å²) in [6.07, 6.45) is 0. The fourth-order valence-corrected chi connectivity index (χ4v) is 2.90. The van der Waals surface area contributed by atoms with E-state index < -0.39 is 0 Å². The molecule has 0 bridgehead atoms. The van der Waals surface area contributed by atoms with Gasteiger partial charge in [-0.25, -0.2) is 0 Å². The molecule has 5 heteroatoms. The fraction of sp³-hybridized carbons (Fsp3) is 0.188. The molecule has 1 amide bonds. The Bertz CT molecular complexity index is 685. The summed E-state index contributed by atoms with van der Waals surface area (Å²) in [5.74, 6) is 0.140. The van der Waals surface area contributed by atoms with Crippen molar-refractivity contribution < 1.29 is 9.90 Å². The molecule has 108 valence electrons. The van der Waals surface area contributed by atoms with Crippen molar-refractivity contribution in [2.45, 2.75) is 6.92 Å². The first-order chi connectivity index (χ1) is 10.0. The Balaban J connectivity index is 2.12. The van der Waals surface area contributed by atoms with Gasteiger partial charge in [-0.05, 0) is 65.1 Å². The number of fused-ring (bicyclic) bond motifs is 1. The van der Waals surface area contributed by atoms with Gasteiger partial charge in [-0.3, -0.25) is 4.79 Å². The number of rotatable bonds is 1. The molecule has 0 saturated carbocycles. The zero-order valence-corrected chi connectivity index (χ0v) is 13.7. The highest BCUT2D eigenvalue weighted by Gasteiger charge is 2.25. The summed E-state index contributed by atoms with van der Waals surface area (Å²) in [6, 6.07) is 13.0. The number of amides is 1. The molecule has 0 spiro atoms. The second-order valence-electron chi connectivity index (χ2n) is 5.18. The van der Waals surface area contributed by atoms with Crippen molar-refractivity contribution in [3.8, 4) is 5.75 Å². The van der Waals surface area contributed by atoms with Gasteiger partial charge in [0.25, 0.3) is 0 Å². The first-order valence-corrected chi connectivity index (χ1v) is 7.79. The number of nitrogens with one attached hydrogen (secondary N) is 1. The van der Waals surface area contributed by atoms with Crippen molar-refractivity contribution in [3.63, 3.8) is 0 Å². The molecule has 21 heavy (non-hydrogen) atoms. The third-order valence-corrected chi connectivity index (χ3v) is 4.24. The van der Waals surface area contributed by atoms with E-state index in [1.807, 2.05) is 31.2 Å². The van der Waals surface area contributed by atoms with Crippen LogP contribution in [0.4, 0.5) is 17.1 Å². The Hall–Kier alpha value is -1.76. The highest BCUT2D eigenvalue weighted by atomic mass is 127. The van der Waals surface area contributed by atoms with Crippen LogP contribution in [0.25, 0.3) is 0 Å². The van der Waals surface area contributed by atoms with Crippen molar-refractivity contribution in [1.29, 1.82) is 0 Å². The van der Waals surface area contributed by atoms with Gasteiger partial charge in [0.15, 0.2) is 0 Å². The molecule has 1 aliphatic heterocycles. The number of phenolic OH excluding ortho intramolecular Hbond substituents is 1. The summed E-state index contributed by atoms with van der Waals surface area (Å²) in [5, 5.41) is 12.4. The molecule has 0 radical (unpaired) electrons. The summed E-state index contributed by atoms with van der Waals surface area (Å²) < 4.78 is 1.11. The first-order valence-electron chi connectivity index (χ1n) is 6.71. The fourth-order valence-electron chi connectivity index (χ4n) is 2.42. The topological polar surface area (TPSA) is 52.6 Å². The van der Waals surface area contributed by atoms with Crippen molar-refractivity contribution in [3.05, 3.63) is 46.0 Å². The second kappa shape index (κ2) is 5.55. The Morgan fingerprint density at radius 2 is 1.95 bits per heavy atom. The molecule has 0 aliphatic carbocycles. The van der Waals surface area contributed by atoms with Crippen LogP contribution in [0.5, 0.6) is 5.75 Å². The molecule has 1 aliphatic rings. The monoisotopic (exact) mass is 394 g/mol. The van der Waals surface area contributed by atoms with E-state index in [0.29, 0.717) is 6.54 Å². The Morgan fingerprint density at radius 1 is 1.24 bits per heavy atom. The van der Waals surface area contributed by atoms with Gasteiger partial charge in [-0.15, -0.1) is 0 Å². The van der Waals surface area contributed by atoms with Gasteiger partial charge in [-0.2, -0.15) is 0 Å². The van der Waals surface area contributed by atoms with Crippen LogP contribution in [0.15, 0.2) is 42.5 Å². The van der Waals surface area contributed by atoms with Crippen LogP contribution >= 0.6 is 22.6 Å². The summed E-state index contributed by atoms with van der Waals surface area (Å²) >= 11 is 2.26. The lowest BCUT2D eigenvalue weighted by Gasteiger charge is -2.26. The average molecular weight is 394 g/mol. The molecule has 0 saturated heterocycles. The molecular formula is C16H15IN2O2. The van der Waals surface area contributed by atoms with Gasteiger partial charge in [0.05, 0.1) is 17.3 Å². The molecule has 2 aromatic rings. The number of halogens is 1. The Kier molecular flexibility index (Phi) is 3.75. The SMILES string of the molecule is CC1CN(c2ccc(O)cc2)c2cc(I)ccc2NC1=O. The predicted molar refractivity (Wildman–Crippen MR) is 92.1 cm³/mol. The van der Waals surface area contributed by atoms with Gasteiger partial charge >= 0.3 is 0 Å². The van der Waals surface area contributed by atoms with Crippen LogP contribution in [-0.2, 0) is 4.79 Å². The zero-order chi connectivity index (χ0) is 15.0. The number of phenols is 1. The van der Waals surface area contributed by atoms with Crippen LogP contribution in [0, 0.1) is 9.49 Å². The number of carbonyl (C=O) groups is 1. The summed E-state index contributed by atoms with van der Waals surface area (Å²) in [5.41, 5.74) is 2.75. The highest BCUT2D eigenvalue weighted by molar-refractivity contribution is 14.1. The normalized spacial score (nSPS) is 17.9. The number of hydrogen-bond donors (Lipinski definition) is 2. The Labute approximate surface area is 136 Å². The molecule has 2 aromatic carbocycles. The maximum absolute atomic E-state index is 12.1. The molecule has 2 N–H and O–H groups in total.